The molecule has 1 atom stereocenters. The second-order valence-corrected chi connectivity index (χ2v) is 8.01. The van der Waals surface area contributed by atoms with Crippen molar-refractivity contribution in [3.8, 4) is 0 Å². The van der Waals surface area contributed by atoms with Gasteiger partial charge in [0.1, 0.15) is 6.61 Å². The third-order valence-corrected chi connectivity index (χ3v) is 5.78. The van der Waals surface area contributed by atoms with Gasteiger partial charge in [-0.3, -0.25) is 9.88 Å². The lowest BCUT2D eigenvalue weighted by Crippen LogP contribution is -2.44. The summed E-state index contributed by atoms with van der Waals surface area (Å²) in [6.07, 6.45) is 12.2. The van der Waals surface area contributed by atoms with E-state index in [4.69, 9.17) is 4.74 Å². The second-order valence-electron chi connectivity index (χ2n) is 8.01. The number of likely N-dealkylation sites (tertiary alicyclic amines) is 2. The zero-order chi connectivity index (χ0) is 19.9. The van der Waals surface area contributed by atoms with Crippen molar-refractivity contribution in [1.82, 2.24) is 29.8 Å². The Morgan fingerprint density at radius 3 is 2.79 bits per heavy atom. The van der Waals surface area contributed by atoms with Gasteiger partial charge in [0, 0.05) is 38.1 Å². The minimum Gasteiger partial charge on any atom is -0.448 e. The van der Waals surface area contributed by atoms with Crippen molar-refractivity contribution >= 4 is 6.09 Å². The topological polar surface area (TPSA) is 76.4 Å². The summed E-state index contributed by atoms with van der Waals surface area (Å²) in [6, 6.07) is 4.21. The van der Waals surface area contributed by atoms with Gasteiger partial charge in [-0.1, -0.05) is 17.7 Å². The van der Waals surface area contributed by atoms with Crippen LogP contribution in [0.1, 0.15) is 49.8 Å². The van der Waals surface area contributed by atoms with Crippen molar-refractivity contribution in [3.63, 3.8) is 0 Å². The normalized spacial score (nSPS) is 20.6. The molecule has 0 saturated carbocycles. The maximum atomic E-state index is 12.3. The van der Waals surface area contributed by atoms with Crippen LogP contribution in [0.5, 0.6) is 0 Å². The first-order chi connectivity index (χ1) is 14.3. The van der Waals surface area contributed by atoms with E-state index < -0.39 is 0 Å². The predicted octanol–water partition coefficient (Wildman–Crippen LogP) is 2.70. The fourth-order valence-corrected chi connectivity index (χ4v) is 4.17. The maximum Gasteiger partial charge on any atom is 0.409 e. The molecular formula is C21H30N6O2. The first kappa shape index (κ1) is 19.8. The molecule has 156 valence electrons. The quantitative estimate of drug-likeness (QED) is 0.745. The minimum absolute atomic E-state index is 0.155. The van der Waals surface area contributed by atoms with Crippen molar-refractivity contribution in [2.75, 3.05) is 26.2 Å². The van der Waals surface area contributed by atoms with Crippen LogP contribution >= 0.6 is 0 Å². The Balaban J connectivity index is 1.30. The molecule has 0 unspecified atom stereocenters. The van der Waals surface area contributed by atoms with Gasteiger partial charge in [-0.15, -0.1) is 5.10 Å². The van der Waals surface area contributed by atoms with E-state index in [0.717, 1.165) is 56.7 Å². The SMILES string of the molecule is O=C(OC[C@H]1CCCCN1Cc1cn(Cc2cccnc2)nn1)N1CCCCC1. The van der Waals surface area contributed by atoms with Gasteiger partial charge >= 0.3 is 6.09 Å². The molecule has 0 aliphatic carbocycles. The van der Waals surface area contributed by atoms with Gasteiger partial charge < -0.3 is 9.64 Å². The number of hydrogen-bond acceptors (Lipinski definition) is 6. The van der Waals surface area contributed by atoms with Crippen LogP contribution in [0.25, 0.3) is 0 Å². The highest BCUT2D eigenvalue weighted by Gasteiger charge is 2.26. The number of pyridine rings is 1. The van der Waals surface area contributed by atoms with Crippen molar-refractivity contribution in [2.45, 2.75) is 57.7 Å². The van der Waals surface area contributed by atoms with Crippen LogP contribution < -0.4 is 0 Å². The number of amides is 1. The Labute approximate surface area is 171 Å². The molecule has 2 aliphatic heterocycles. The molecule has 0 bridgehead atoms. The van der Waals surface area contributed by atoms with E-state index in [1.54, 1.807) is 6.20 Å². The van der Waals surface area contributed by atoms with Crippen LogP contribution in [-0.2, 0) is 17.8 Å². The van der Waals surface area contributed by atoms with Gasteiger partial charge in [-0.05, 0) is 50.3 Å². The number of aromatic nitrogens is 4. The summed E-state index contributed by atoms with van der Waals surface area (Å²) in [5.74, 6) is 0. The van der Waals surface area contributed by atoms with Gasteiger partial charge in [0.2, 0.25) is 0 Å². The van der Waals surface area contributed by atoms with Crippen molar-refractivity contribution in [1.29, 1.82) is 0 Å². The molecule has 4 rings (SSSR count). The predicted molar refractivity (Wildman–Crippen MR) is 108 cm³/mol. The number of rotatable bonds is 6. The maximum absolute atomic E-state index is 12.3. The van der Waals surface area contributed by atoms with E-state index >= 15 is 0 Å². The Bertz CT molecular complexity index is 774. The summed E-state index contributed by atoms with van der Waals surface area (Å²) < 4.78 is 7.52. The highest BCUT2D eigenvalue weighted by Crippen LogP contribution is 2.20. The van der Waals surface area contributed by atoms with Crippen LogP contribution in [0.2, 0.25) is 0 Å². The molecule has 8 heteroatoms. The van der Waals surface area contributed by atoms with Crippen molar-refractivity contribution in [2.24, 2.45) is 0 Å². The molecular weight excluding hydrogens is 368 g/mol. The van der Waals surface area contributed by atoms with Crippen LogP contribution in [0.15, 0.2) is 30.7 Å². The average molecular weight is 399 g/mol. The number of nitrogens with zero attached hydrogens (tertiary/aromatic N) is 6. The number of carbonyl (C=O) groups excluding carboxylic acids is 1. The lowest BCUT2D eigenvalue weighted by Gasteiger charge is -2.35. The summed E-state index contributed by atoms with van der Waals surface area (Å²) in [5, 5.41) is 8.60. The molecule has 8 nitrogen and oxygen atoms in total. The summed E-state index contributed by atoms with van der Waals surface area (Å²) in [5.41, 5.74) is 2.05. The number of ether oxygens (including phenoxy) is 1. The lowest BCUT2D eigenvalue weighted by molar-refractivity contribution is 0.0431. The molecule has 2 aromatic heterocycles. The second kappa shape index (κ2) is 9.82. The Kier molecular flexibility index (Phi) is 6.71. The van der Waals surface area contributed by atoms with Crippen LogP contribution in [-0.4, -0.2) is 68.2 Å². The zero-order valence-corrected chi connectivity index (χ0v) is 16.9. The molecule has 2 aliphatic rings. The van der Waals surface area contributed by atoms with Crippen molar-refractivity contribution in [3.05, 3.63) is 42.0 Å². The molecule has 4 heterocycles. The summed E-state index contributed by atoms with van der Waals surface area (Å²) in [4.78, 5) is 20.7. The molecule has 2 saturated heterocycles. The van der Waals surface area contributed by atoms with Gasteiger partial charge in [0.25, 0.3) is 0 Å². The minimum atomic E-state index is -0.155. The van der Waals surface area contributed by atoms with E-state index in [1.165, 1.54) is 19.3 Å². The van der Waals surface area contributed by atoms with Crippen LogP contribution in [0.4, 0.5) is 4.79 Å². The molecule has 29 heavy (non-hydrogen) atoms. The van der Waals surface area contributed by atoms with Gasteiger partial charge in [0.05, 0.1) is 18.4 Å². The Hall–Kier alpha value is -2.48. The lowest BCUT2D eigenvalue weighted by atomic mass is 10.0. The molecule has 0 spiro atoms. The van der Waals surface area contributed by atoms with E-state index in [0.29, 0.717) is 13.2 Å². The van der Waals surface area contributed by atoms with Crippen LogP contribution in [0.3, 0.4) is 0 Å². The average Bonchev–Trinajstić information content (AvgIpc) is 3.21. The number of hydrogen-bond donors (Lipinski definition) is 0. The van der Waals surface area contributed by atoms with E-state index in [1.807, 2.05) is 34.1 Å². The van der Waals surface area contributed by atoms with Crippen molar-refractivity contribution < 1.29 is 9.53 Å². The van der Waals surface area contributed by atoms with Gasteiger partial charge in [-0.25, -0.2) is 9.48 Å². The molecule has 2 fully saturated rings. The molecule has 0 radical (unpaired) electrons. The number of carbonyl (C=O) groups is 1. The third-order valence-electron chi connectivity index (χ3n) is 5.78. The smallest absolute Gasteiger partial charge is 0.409 e. The van der Waals surface area contributed by atoms with Gasteiger partial charge in [0.15, 0.2) is 0 Å². The molecule has 0 aromatic carbocycles. The fraction of sp³-hybridized carbons (Fsp3) is 0.619. The van der Waals surface area contributed by atoms with Gasteiger partial charge in [-0.2, -0.15) is 0 Å². The van der Waals surface area contributed by atoms with Crippen LogP contribution in [0, 0.1) is 0 Å². The largest absolute Gasteiger partial charge is 0.448 e. The first-order valence-electron chi connectivity index (χ1n) is 10.7. The molecule has 2 aromatic rings. The summed E-state index contributed by atoms with van der Waals surface area (Å²) >= 11 is 0. The third kappa shape index (κ3) is 5.53. The summed E-state index contributed by atoms with van der Waals surface area (Å²) in [7, 11) is 0. The molecule has 0 N–H and O–H groups in total. The van der Waals surface area contributed by atoms with E-state index in [9.17, 15) is 4.79 Å². The fourth-order valence-electron chi connectivity index (χ4n) is 4.17. The zero-order valence-electron chi connectivity index (χ0n) is 16.9. The summed E-state index contributed by atoms with van der Waals surface area (Å²) in [6.45, 7) is 4.51. The Morgan fingerprint density at radius 2 is 1.97 bits per heavy atom. The molecule has 1 amide bonds. The standard InChI is InChI=1S/C21H30N6O2/c28-21(25-10-3-1-4-11-25)29-17-20-8-2-5-12-26(20)15-19-16-27(24-23-19)14-18-7-6-9-22-13-18/h6-7,9,13,16,20H,1-5,8,10-12,14-15,17H2/t20-/m1/s1. The number of piperidine rings is 2. The van der Waals surface area contributed by atoms with E-state index in [-0.39, 0.29) is 12.1 Å². The monoisotopic (exact) mass is 398 g/mol. The highest BCUT2D eigenvalue weighted by molar-refractivity contribution is 5.67. The van der Waals surface area contributed by atoms with E-state index in [2.05, 4.69) is 20.2 Å². The first-order valence-corrected chi connectivity index (χ1v) is 10.7. The highest BCUT2D eigenvalue weighted by atomic mass is 16.6. The Morgan fingerprint density at radius 1 is 1.10 bits per heavy atom.